The normalized spacial score (nSPS) is 19.6. The van der Waals surface area contributed by atoms with Gasteiger partial charge in [0.15, 0.2) is 0 Å². The van der Waals surface area contributed by atoms with Crippen molar-refractivity contribution in [2.45, 2.75) is 39.5 Å². The molecule has 0 aromatic carbocycles. The summed E-state index contributed by atoms with van der Waals surface area (Å²) < 4.78 is 5.41. The van der Waals surface area contributed by atoms with Crippen molar-refractivity contribution in [1.29, 1.82) is 0 Å². The van der Waals surface area contributed by atoms with Crippen molar-refractivity contribution in [2.75, 3.05) is 25.1 Å². The van der Waals surface area contributed by atoms with E-state index in [0.717, 1.165) is 49.9 Å². The Balaban J connectivity index is 2.35. The molecule has 0 amide bonds. The van der Waals surface area contributed by atoms with E-state index in [9.17, 15) is 0 Å². The number of rotatable bonds is 4. The second-order valence-electron chi connectivity index (χ2n) is 4.45. The molecule has 0 bridgehead atoms. The standard InChI is InChI=1S/C13H21N3O/c1-4-11-9(3)12(14-5-2)16-13(15-11)10-6-7-17-8-10/h10H,4-8H2,1-3H3,(H,14,15,16). The summed E-state index contributed by atoms with van der Waals surface area (Å²) >= 11 is 0. The predicted octanol–water partition coefficient (Wildman–Crippen LogP) is 2.28. The van der Waals surface area contributed by atoms with E-state index in [1.54, 1.807) is 0 Å². The average molecular weight is 235 g/mol. The topological polar surface area (TPSA) is 47.0 Å². The van der Waals surface area contributed by atoms with Crippen LogP contribution in [0.1, 0.15) is 43.3 Å². The van der Waals surface area contributed by atoms with Crippen molar-refractivity contribution in [2.24, 2.45) is 0 Å². The molecule has 94 valence electrons. The second kappa shape index (κ2) is 5.45. The first-order valence-electron chi connectivity index (χ1n) is 6.45. The Hall–Kier alpha value is -1.16. The Morgan fingerprint density at radius 3 is 2.76 bits per heavy atom. The molecule has 4 nitrogen and oxygen atoms in total. The molecule has 0 aliphatic carbocycles. The first-order valence-corrected chi connectivity index (χ1v) is 6.45. The van der Waals surface area contributed by atoms with Crippen molar-refractivity contribution in [1.82, 2.24) is 9.97 Å². The van der Waals surface area contributed by atoms with Crippen LogP contribution in [0.3, 0.4) is 0 Å². The van der Waals surface area contributed by atoms with E-state index < -0.39 is 0 Å². The van der Waals surface area contributed by atoms with Crippen molar-refractivity contribution in [3.63, 3.8) is 0 Å². The van der Waals surface area contributed by atoms with E-state index in [1.807, 2.05) is 0 Å². The van der Waals surface area contributed by atoms with Crippen LogP contribution in [0.5, 0.6) is 0 Å². The molecule has 1 aliphatic heterocycles. The van der Waals surface area contributed by atoms with Crippen LogP contribution in [-0.2, 0) is 11.2 Å². The maximum atomic E-state index is 5.41. The lowest BCUT2D eigenvalue weighted by Gasteiger charge is -2.14. The summed E-state index contributed by atoms with van der Waals surface area (Å²) in [6, 6.07) is 0. The smallest absolute Gasteiger partial charge is 0.136 e. The van der Waals surface area contributed by atoms with Crippen molar-refractivity contribution >= 4 is 5.82 Å². The highest BCUT2D eigenvalue weighted by molar-refractivity contribution is 5.46. The molecule has 2 heterocycles. The van der Waals surface area contributed by atoms with Gasteiger partial charge in [-0.25, -0.2) is 9.97 Å². The van der Waals surface area contributed by atoms with Gasteiger partial charge in [0.1, 0.15) is 11.6 Å². The van der Waals surface area contributed by atoms with Gasteiger partial charge in [-0.2, -0.15) is 0 Å². The third-order valence-electron chi connectivity index (χ3n) is 3.24. The minimum Gasteiger partial charge on any atom is -0.381 e. The van der Waals surface area contributed by atoms with Crippen molar-refractivity contribution in [3.8, 4) is 0 Å². The summed E-state index contributed by atoms with van der Waals surface area (Å²) in [5, 5.41) is 3.32. The molecule has 0 saturated carbocycles. The van der Waals surface area contributed by atoms with Gasteiger partial charge in [0.25, 0.3) is 0 Å². The summed E-state index contributed by atoms with van der Waals surface area (Å²) in [4.78, 5) is 9.33. The first kappa shape index (κ1) is 12.3. The van der Waals surface area contributed by atoms with Gasteiger partial charge in [-0.15, -0.1) is 0 Å². The average Bonchev–Trinajstić information content (AvgIpc) is 2.85. The zero-order valence-corrected chi connectivity index (χ0v) is 10.9. The largest absolute Gasteiger partial charge is 0.381 e. The third kappa shape index (κ3) is 2.57. The highest BCUT2D eigenvalue weighted by Crippen LogP contribution is 2.25. The third-order valence-corrected chi connectivity index (χ3v) is 3.24. The number of nitrogens with zero attached hydrogens (tertiary/aromatic N) is 2. The van der Waals surface area contributed by atoms with Gasteiger partial charge in [-0.3, -0.25) is 0 Å². The Bertz CT molecular complexity index is 386. The van der Waals surface area contributed by atoms with Crippen LogP contribution in [0.15, 0.2) is 0 Å². The summed E-state index contributed by atoms with van der Waals surface area (Å²) in [5.41, 5.74) is 2.33. The first-order chi connectivity index (χ1) is 8.26. The molecule has 1 fully saturated rings. The maximum Gasteiger partial charge on any atom is 0.136 e. The highest BCUT2D eigenvalue weighted by atomic mass is 16.5. The van der Waals surface area contributed by atoms with Gasteiger partial charge >= 0.3 is 0 Å². The quantitative estimate of drug-likeness (QED) is 0.869. The zero-order valence-electron chi connectivity index (χ0n) is 10.9. The Labute approximate surface area is 103 Å². The van der Waals surface area contributed by atoms with E-state index in [1.165, 1.54) is 5.56 Å². The van der Waals surface area contributed by atoms with E-state index in [4.69, 9.17) is 4.74 Å². The monoisotopic (exact) mass is 235 g/mol. The van der Waals surface area contributed by atoms with Gasteiger partial charge in [-0.1, -0.05) is 6.92 Å². The Morgan fingerprint density at radius 2 is 2.18 bits per heavy atom. The predicted molar refractivity (Wildman–Crippen MR) is 68.5 cm³/mol. The molecule has 1 N–H and O–H groups in total. The van der Waals surface area contributed by atoms with Gasteiger partial charge < -0.3 is 10.1 Å². The summed E-state index contributed by atoms with van der Waals surface area (Å²) in [6.07, 6.45) is 1.99. The summed E-state index contributed by atoms with van der Waals surface area (Å²) in [5.74, 6) is 2.31. The fourth-order valence-electron chi connectivity index (χ4n) is 2.19. The molecule has 2 rings (SSSR count). The summed E-state index contributed by atoms with van der Waals surface area (Å²) in [7, 11) is 0. The lowest BCUT2D eigenvalue weighted by Crippen LogP contribution is -2.12. The van der Waals surface area contributed by atoms with Gasteiger partial charge in [0.2, 0.25) is 0 Å². The molecule has 1 saturated heterocycles. The number of hydrogen-bond acceptors (Lipinski definition) is 4. The minimum absolute atomic E-state index is 0.373. The molecule has 1 aromatic rings. The molecule has 4 heteroatoms. The van der Waals surface area contributed by atoms with E-state index >= 15 is 0 Å². The lowest BCUT2D eigenvalue weighted by atomic mass is 10.1. The van der Waals surface area contributed by atoms with Crippen LogP contribution < -0.4 is 5.32 Å². The molecule has 1 aromatic heterocycles. The summed E-state index contributed by atoms with van der Waals surface area (Å²) in [6.45, 7) is 8.80. The number of aryl methyl sites for hydroxylation is 1. The fraction of sp³-hybridized carbons (Fsp3) is 0.692. The molecule has 1 aliphatic rings. The maximum absolute atomic E-state index is 5.41. The van der Waals surface area contributed by atoms with Gasteiger partial charge in [-0.05, 0) is 26.7 Å². The highest BCUT2D eigenvalue weighted by Gasteiger charge is 2.22. The van der Waals surface area contributed by atoms with E-state index in [-0.39, 0.29) is 0 Å². The number of anilines is 1. The van der Waals surface area contributed by atoms with Crippen LogP contribution in [0.4, 0.5) is 5.82 Å². The SMILES string of the molecule is CCNc1nc(C2CCOC2)nc(CC)c1C. The number of nitrogens with one attached hydrogen (secondary N) is 1. The van der Waals surface area contributed by atoms with Crippen molar-refractivity contribution < 1.29 is 4.74 Å². The molecular weight excluding hydrogens is 214 g/mol. The van der Waals surface area contributed by atoms with Crippen LogP contribution in [0, 0.1) is 6.92 Å². The Morgan fingerprint density at radius 1 is 1.35 bits per heavy atom. The molecule has 1 unspecified atom stereocenters. The van der Waals surface area contributed by atoms with Gasteiger partial charge in [0.05, 0.1) is 6.61 Å². The molecule has 1 atom stereocenters. The van der Waals surface area contributed by atoms with E-state index in [2.05, 4.69) is 36.1 Å². The molecule has 0 radical (unpaired) electrons. The van der Waals surface area contributed by atoms with Crippen LogP contribution >= 0.6 is 0 Å². The lowest BCUT2D eigenvalue weighted by molar-refractivity contribution is 0.193. The zero-order chi connectivity index (χ0) is 12.3. The van der Waals surface area contributed by atoms with Crippen LogP contribution in [0.25, 0.3) is 0 Å². The minimum atomic E-state index is 0.373. The van der Waals surface area contributed by atoms with Gasteiger partial charge in [0, 0.05) is 30.3 Å². The van der Waals surface area contributed by atoms with Crippen molar-refractivity contribution in [3.05, 3.63) is 17.1 Å². The molecule has 17 heavy (non-hydrogen) atoms. The fourth-order valence-corrected chi connectivity index (χ4v) is 2.19. The molecule has 0 spiro atoms. The molecular formula is C13H21N3O. The van der Waals surface area contributed by atoms with Crippen LogP contribution in [-0.4, -0.2) is 29.7 Å². The van der Waals surface area contributed by atoms with E-state index in [0.29, 0.717) is 5.92 Å². The van der Waals surface area contributed by atoms with Crippen LogP contribution in [0.2, 0.25) is 0 Å². The Kier molecular flexibility index (Phi) is 3.94. The number of hydrogen-bond donors (Lipinski definition) is 1. The number of aromatic nitrogens is 2. The second-order valence-corrected chi connectivity index (χ2v) is 4.45. The number of ether oxygens (including phenoxy) is 1.